The van der Waals surface area contributed by atoms with E-state index in [1.54, 1.807) is 0 Å². The van der Waals surface area contributed by atoms with Crippen LogP contribution in [0.1, 0.15) is 40.0 Å². The minimum Gasteiger partial charge on any atom is -0.460 e. The van der Waals surface area contributed by atoms with E-state index >= 15 is 0 Å². The SMILES string of the molecule is CC(C)(C)OC(=O)C1CC2CCCN(C2)C1. The fourth-order valence-corrected chi connectivity index (χ4v) is 2.85. The average Bonchev–Trinajstić information content (AvgIpc) is 2.14. The van der Waals surface area contributed by atoms with Crippen molar-refractivity contribution in [3.8, 4) is 0 Å². The molecule has 2 bridgehead atoms. The van der Waals surface area contributed by atoms with Crippen LogP contribution in [0.4, 0.5) is 0 Å². The number of esters is 1. The third kappa shape index (κ3) is 2.97. The van der Waals surface area contributed by atoms with Crippen LogP contribution >= 0.6 is 0 Å². The second-order valence-electron chi connectivity index (χ2n) is 6.23. The molecule has 0 spiro atoms. The molecular weight excluding hydrogens is 202 g/mol. The predicted molar refractivity (Wildman–Crippen MR) is 63.1 cm³/mol. The van der Waals surface area contributed by atoms with Gasteiger partial charge in [0.15, 0.2) is 0 Å². The van der Waals surface area contributed by atoms with Gasteiger partial charge in [-0.25, -0.2) is 0 Å². The Morgan fingerprint density at radius 1 is 1.31 bits per heavy atom. The van der Waals surface area contributed by atoms with Gasteiger partial charge in [-0.15, -0.1) is 0 Å². The molecule has 0 radical (unpaired) electrons. The van der Waals surface area contributed by atoms with Crippen LogP contribution in [-0.4, -0.2) is 36.1 Å². The molecule has 92 valence electrons. The molecule has 0 N–H and O–H groups in total. The lowest BCUT2D eigenvalue weighted by Crippen LogP contribution is -2.47. The quantitative estimate of drug-likeness (QED) is 0.640. The number of piperidine rings is 2. The van der Waals surface area contributed by atoms with E-state index in [2.05, 4.69) is 4.90 Å². The molecule has 2 aliphatic heterocycles. The number of hydrogen-bond acceptors (Lipinski definition) is 3. The summed E-state index contributed by atoms with van der Waals surface area (Å²) in [6.07, 6.45) is 3.62. The molecule has 0 aliphatic carbocycles. The summed E-state index contributed by atoms with van der Waals surface area (Å²) in [6.45, 7) is 9.08. The number of rotatable bonds is 1. The molecule has 2 fully saturated rings. The fraction of sp³-hybridized carbons (Fsp3) is 0.923. The maximum atomic E-state index is 12.0. The van der Waals surface area contributed by atoms with E-state index in [4.69, 9.17) is 4.74 Å². The summed E-state index contributed by atoms with van der Waals surface area (Å²) in [5.74, 6) is 0.836. The lowest BCUT2D eigenvalue weighted by atomic mass is 9.83. The van der Waals surface area contributed by atoms with E-state index in [0.717, 1.165) is 25.4 Å². The van der Waals surface area contributed by atoms with Crippen molar-refractivity contribution in [1.29, 1.82) is 0 Å². The third-order valence-electron chi connectivity index (χ3n) is 3.44. The van der Waals surface area contributed by atoms with Crippen molar-refractivity contribution >= 4 is 5.97 Å². The molecule has 2 rings (SSSR count). The van der Waals surface area contributed by atoms with Gasteiger partial charge in [-0.2, -0.15) is 0 Å². The number of nitrogens with zero attached hydrogens (tertiary/aromatic N) is 1. The zero-order chi connectivity index (χ0) is 11.8. The topological polar surface area (TPSA) is 29.5 Å². The molecule has 3 unspecified atom stereocenters. The van der Waals surface area contributed by atoms with Crippen LogP contribution in [0.5, 0.6) is 0 Å². The van der Waals surface area contributed by atoms with E-state index < -0.39 is 0 Å². The molecule has 2 heterocycles. The van der Waals surface area contributed by atoms with Crippen molar-refractivity contribution in [3.05, 3.63) is 0 Å². The first kappa shape index (κ1) is 11.9. The van der Waals surface area contributed by atoms with Gasteiger partial charge in [-0.05, 0) is 52.5 Å². The first-order valence-electron chi connectivity index (χ1n) is 6.39. The van der Waals surface area contributed by atoms with Crippen LogP contribution in [-0.2, 0) is 9.53 Å². The zero-order valence-electron chi connectivity index (χ0n) is 10.7. The van der Waals surface area contributed by atoms with Crippen molar-refractivity contribution < 1.29 is 9.53 Å². The van der Waals surface area contributed by atoms with Gasteiger partial charge < -0.3 is 9.64 Å². The Labute approximate surface area is 98.1 Å². The van der Waals surface area contributed by atoms with Crippen molar-refractivity contribution in [2.45, 2.75) is 45.6 Å². The molecule has 0 aromatic rings. The Balaban J connectivity index is 1.92. The molecule has 0 aromatic heterocycles. The van der Waals surface area contributed by atoms with Gasteiger partial charge in [0.25, 0.3) is 0 Å². The van der Waals surface area contributed by atoms with Crippen molar-refractivity contribution in [2.24, 2.45) is 11.8 Å². The van der Waals surface area contributed by atoms with E-state index in [1.807, 2.05) is 20.8 Å². The van der Waals surface area contributed by atoms with Crippen LogP contribution in [0.3, 0.4) is 0 Å². The Morgan fingerprint density at radius 3 is 2.69 bits per heavy atom. The predicted octanol–water partition coefficient (Wildman–Crippen LogP) is 2.06. The Bertz CT molecular complexity index is 258. The lowest BCUT2D eigenvalue weighted by molar-refractivity contribution is -0.163. The van der Waals surface area contributed by atoms with Crippen LogP contribution in [0, 0.1) is 11.8 Å². The summed E-state index contributed by atoms with van der Waals surface area (Å²) >= 11 is 0. The van der Waals surface area contributed by atoms with E-state index in [9.17, 15) is 4.79 Å². The number of hydrogen-bond donors (Lipinski definition) is 0. The molecule has 16 heavy (non-hydrogen) atoms. The normalized spacial score (nSPS) is 34.6. The minimum atomic E-state index is -0.348. The Hall–Kier alpha value is -0.570. The summed E-state index contributed by atoms with van der Waals surface area (Å²) in [6, 6.07) is 0. The van der Waals surface area contributed by atoms with E-state index in [0.29, 0.717) is 0 Å². The summed E-state index contributed by atoms with van der Waals surface area (Å²) in [4.78, 5) is 14.4. The van der Waals surface area contributed by atoms with E-state index in [-0.39, 0.29) is 17.5 Å². The first-order chi connectivity index (χ1) is 7.44. The van der Waals surface area contributed by atoms with Crippen molar-refractivity contribution in [1.82, 2.24) is 4.90 Å². The van der Waals surface area contributed by atoms with Crippen LogP contribution in [0.15, 0.2) is 0 Å². The van der Waals surface area contributed by atoms with Crippen LogP contribution in [0.25, 0.3) is 0 Å². The number of carbonyl (C=O) groups is 1. The molecule has 2 aliphatic rings. The zero-order valence-corrected chi connectivity index (χ0v) is 10.7. The average molecular weight is 225 g/mol. The summed E-state index contributed by atoms with van der Waals surface area (Å²) in [5, 5.41) is 0. The lowest BCUT2D eigenvalue weighted by Gasteiger charge is -2.41. The smallest absolute Gasteiger partial charge is 0.310 e. The third-order valence-corrected chi connectivity index (χ3v) is 3.44. The van der Waals surface area contributed by atoms with Gasteiger partial charge in [0.1, 0.15) is 5.60 Å². The van der Waals surface area contributed by atoms with Crippen LogP contribution < -0.4 is 0 Å². The molecule has 0 amide bonds. The van der Waals surface area contributed by atoms with Gasteiger partial charge in [-0.1, -0.05) is 0 Å². The molecular formula is C13H23NO2. The van der Waals surface area contributed by atoms with E-state index in [1.165, 1.54) is 19.4 Å². The molecule has 0 aromatic carbocycles. The van der Waals surface area contributed by atoms with Gasteiger partial charge in [0.05, 0.1) is 5.92 Å². The number of carbonyl (C=O) groups excluding carboxylic acids is 1. The van der Waals surface area contributed by atoms with Gasteiger partial charge in [0.2, 0.25) is 0 Å². The molecule has 3 atom stereocenters. The highest BCUT2D eigenvalue weighted by molar-refractivity contribution is 5.73. The van der Waals surface area contributed by atoms with Gasteiger partial charge >= 0.3 is 5.97 Å². The molecule has 3 heteroatoms. The fourth-order valence-electron chi connectivity index (χ4n) is 2.85. The van der Waals surface area contributed by atoms with Crippen molar-refractivity contribution in [3.63, 3.8) is 0 Å². The second-order valence-corrected chi connectivity index (χ2v) is 6.23. The highest BCUT2D eigenvalue weighted by Gasteiger charge is 2.35. The minimum absolute atomic E-state index is 0.00380. The van der Waals surface area contributed by atoms with Gasteiger partial charge in [0, 0.05) is 13.1 Å². The highest BCUT2D eigenvalue weighted by atomic mass is 16.6. The standard InChI is InChI=1S/C13H23NO2/c1-13(2,3)16-12(15)11-7-10-5-4-6-14(8-10)9-11/h10-11H,4-9H2,1-3H3. The first-order valence-corrected chi connectivity index (χ1v) is 6.39. The highest BCUT2D eigenvalue weighted by Crippen LogP contribution is 2.30. The second kappa shape index (κ2) is 4.36. The number of ether oxygens (including phenoxy) is 1. The van der Waals surface area contributed by atoms with Crippen molar-refractivity contribution in [2.75, 3.05) is 19.6 Å². The Morgan fingerprint density at radius 2 is 2.06 bits per heavy atom. The Kier molecular flexibility index (Phi) is 3.24. The van der Waals surface area contributed by atoms with Crippen LogP contribution in [0.2, 0.25) is 0 Å². The molecule has 3 nitrogen and oxygen atoms in total. The summed E-state index contributed by atoms with van der Waals surface area (Å²) < 4.78 is 5.48. The van der Waals surface area contributed by atoms with Gasteiger partial charge in [-0.3, -0.25) is 4.79 Å². The largest absolute Gasteiger partial charge is 0.460 e. The molecule has 0 saturated carbocycles. The maximum absolute atomic E-state index is 12.0. The maximum Gasteiger partial charge on any atom is 0.310 e. The summed E-state index contributed by atoms with van der Waals surface area (Å²) in [5.41, 5.74) is -0.348. The molecule has 2 saturated heterocycles. The summed E-state index contributed by atoms with van der Waals surface area (Å²) in [7, 11) is 0. The monoisotopic (exact) mass is 225 g/mol. The number of fused-ring (bicyclic) bond motifs is 2.